The van der Waals surface area contributed by atoms with Crippen LogP contribution in [0.15, 0.2) is 35.7 Å². The molecule has 0 aliphatic rings. The van der Waals surface area contributed by atoms with Crippen molar-refractivity contribution < 1.29 is 9.53 Å². The third-order valence-corrected chi connectivity index (χ3v) is 4.01. The first-order valence-electron chi connectivity index (χ1n) is 6.68. The molecule has 1 heterocycles. The van der Waals surface area contributed by atoms with E-state index in [2.05, 4.69) is 33.8 Å². The molecule has 0 atom stereocenters. The topological polar surface area (TPSA) is 26.3 Å². The maximum absolute atomic E-state index is 12.0. The molecule has 0 radical (unpaired) electrons. The van der Waals surface area contributed by atoms with E-state index in [1.807, 2.05) is 29.6 Å². The molecular weight excluding hydrogens is 268 g/mol. The van der Waals surface area contributed by atoms with Crippen molar-refractivity contribution in [3.63, 3.8) is 0 Å². The first kappa shape index (κ1) is 14.8. The van der Waals surface area contributed by atoms with Gasteiger partial charge in [-0.05, 0) is 35.4 Å². The Balaban J connectivity index is 2.16. The molecule has 0 unspecified atom stereocenters. The van der Waals surface area contributed by atoms with E-state index in [9.17, 15) is 4.79 Å². The van der Waals surface area contributed by atoms with Gasteiger partial charge in [0.05, 0.1) is 4.88 Å². The van der Waals surface area contributed by atoms with Crippen LogP contribution in [0.1, 0.15) is 41.6 Å². The van der Waals surface area contributed by atoms with Gasteiger partial charge in [0.2, 0.25) is 5.78 Å². The molecule has 2 rings (SSSR count). The standard InChI is InChI=1S/C17H20O2S/c1-12-7-8-15(13(10-12)17(2,3)4)19-11-14(18)16-6-5-9-20-16/h5-10H,11H2,1-4H3. The van der Waals surface area contributed by atoms with Gasteiger partial charge in [-0.15, -0.1) is 11.3 Å². The Kier molecular flexibility index (Phi) is 4.29. The molecule has 0 aliphatic heterocycles. The Morgan fingerprint density at radius 2 is 2.00 bits per heavy atom. The first-order valence-corrected chi connectivity index (χ1v) is 7.56. The molecule has 0 saturated heterocycles. The highest BCUT2D eigenvalue weighted by Crippen LogP contribution is 2.32. The first-order chi connectivity index (χ1) is 9.38. The number of thiophene rings is 1. The highest BCUT2D eigenvalue weighted by Gasteiger charge is 2.20. The molecule has 0 aliphatic carbocycles. The lowest BCUT2D eigenvalue weighted by Gasteiger charge is -2.23. The monoisotopic (exact) mass is 288 g/mol. The SMILES string of the molecule is Cc1ccc(OCC(=O)c2cccs2)c(C(C)(C)C)c1. The zero-order chi connectivity index (χ0) is 14.8. The highest BCUT2D eigenvalue weighted by atomic mass is 32.1. The van der Waals surface area contributed by atoms with Crippen LogP contribution >= 0.6 is 11.3 Å². The fourth-order valence-corrected chi connectivity index (χ4v) is 2.66. The second-order valence-electron chi connectivity index (χ2n) is 5.94. The zero-order valence-corrected chi connectivity index (χ0v) is 13.2. The summed E-state index contributed by atoms with van der Waals surface area (Å²) in [6.07, 6.45) is 0. The average Bonchev–Trinajstić information content (AvgIpc) is 2.89. The van der Waals surface area contributed by atoms with Crippen molar-refractivity contribution in [3.05, 3.63) is 51.7 Å². The van der Waals surface area contributed by atoms with E-state index < -0.39 is 0 Å². The molecule has 3 heteroatoms. The summed E-state index contributed by atoms with van der Waals surface area (Å²) in [5.41, 5.74) is 2.33. The summed E-state index contributed by atoms with van der Waals surface area (Å²) in [5, 5.41) is 1.90. The minimum Gasteiger partial charge on any atom is -0.485 e. The molecule has 0 fully saturated rings. The van der Waals surface area contributed by atoms with Crippen LogP contribution in [0.2, 0.25) is 0 Å². The molecule has 1 aromatic heterocycles. The summed E-state index contributed by atoms with van der Waals surface area (Å²) >= 11 is 1.45. The van der Waals surface area contributed by atoms with Crippen molar-refractivity contribution in [2.24, 2.45) is 0 Å². The summed E-state index contributed by atoms with van der Waals surface area (Å²) in [7, 11) is 0. The van der Waals surface area contributed by atoms with Gasteiger partial charge in [0.15, 0.2) is 6.61 Å². The number of hydrogen-bond acceptors (Lipinski definition) is 3. The van der Waals surface area contributed by atoms with Crippen molar-refractivity contribution in [1.82, 2.24) is 0 Å². The van der Waals surface area contributed by atoms with Crippen LogP contribution in [0.25, 0.3) is 0 Å². The summed E-state index contributed by atoms with van der Waals surface area (Å²) in [6.45, 7) is 8.60. The van der Waals surface area contributed by atoms with Crippen LogP contribution in [0.4, 0.5) is 0 Å². The number of carbonyl (C=O) groups is 1. The Bertz CT molecular complexity index is 592. The van der Waals surface area contributed by atoms with E-state index >= 15 is 0 Å². The van der Waals surface area contributed by atoms with E-state index in [4.69, 9.17) is 4.74 Å². The molecule has 2 aromatic rings. The number of benzene rings is 1. The number of carbonyl (C=O) groups excluding carboxylic acids is 1. The molecule has 20 heavy (non-hydrogen) atoms. The van der Waals surface area contributed by atoms with Crippen LogP contribution in [-0.2, 0) is 5.41 Å². The van der Waals surface area contributed by atoms with E-state index in [1.165, 1.54) is 16.9 Å². The van der Waals surface area contributed by atoms with Crippen molar-refractivity contribution in [3.8, 4) is 5.75 Å². The maximum Gasteiger partial charge on any atom is 0.210 e. The van der Waals surface area contributed by atoms with Gasteiger partial charge in [-0.25, -0.2) is 0 Å². The van der Waals surface area contributed by atoms with Crippen LogP contribution in [0, 0.1) is 6.92 Å². The lowest BCUT2D eigenvalue weighted by atomic mass is 9.85. The smallest absolute Gasteiger partial charge is 0.210 e. The number of ether oxygens (including phenoxy) is 1. The van der Waals surface area contributed by atoms with E-state index in [0.29, 0.717) is 0 Å². The quantitative estimate of drug-likeness (QED) is 0.768. The van der Waals surface area contributed by atoms with Gasteiger partial charge in [-0.1, -0.05) is 44.5 Å². The summed E-state index contributed by atoms with van der Waals surface area (Å²) in [4.78, 5) is 12.7. The highest BCUT2D eigenvalue weighted by molar-refractivity contribution is 7.12. The van der Waals surface area contributed by atoms with Gasteiger partial charge < -0.3 is 4.74 Å². The Labute approximate surface area is 124 Å². The molecule has 2 nitrogen and oxygen atoms in total. The number of hydrogen-bond donors (Lipinski definition) is 0. The molecule has 1 aromatic carbocycles. The predicted molar refractivity (Wildman–Crippen MR) is 84.0 cm³/mol. The Morgan fingerprint density at radius 1 is 1.25 bits per heavy atom. The van der Waals surface area contributed by atoms with Crippen LogP contribution in [-0.4, -0.2) is 12.4 Å². The fraction of sp³-hybridized carbons (Fsp3) is 0.353. The molecule has 0 bridgehead atoms. The summed E-state index contributed by atoms with van der Waals surface area (Å²) in [5.74, 6) is 0.827. The number of Topliss-reactive ketones (excluding diaryl/α,β-unsaturated/α-hetero) is 1. The van der Waals surface area contributed by atoms with Gasteiger partial charge in [0.25, 0.3) is 0 Å². The van der Waals surface area contributed by atoms with Crippen LogP contribution in [0.5, 0.6) is 5.75 Å². The maximum atomic E-state index is 12.0. The summed E-state index contributed by atoms with van der Waals surface area (Å²) in [6, 6.07) is 9.81. The van der Waals surface area contributed by atoms with Gasteiger partial charge in [-0.2, -0.15) is 0 Å². The van der Waals surface area contributed by atoms with Gasteiger partial charge in [0, 0.05) is 0 Å². The third-order valence-electron chi connectivity index (χ3n) is 3.10. The lowest BCUT2D eigenvalue weighted by Crippen LogP contribution is -2.16. The van der Waals surface area contributed by atoms with E-state index in [0.717, 1.165) is 16.2 Å². The van der Waals surface area contributed by atoms with Crippen LogP contribution in [0.3, 0.4) is 0 Å². The van der Waals surface area contributed by atoms with Gasteiger partial charge in [-0.3, -0.25) is 4.79 Å². The van der Waals surface area contributed by atoms with Crippen molar-refractivity contribution in [2.45, 2.75) is 33.1 Å². The second-order valence-corrected chi connectivity index (χ2v) is 6.89. The molecule has 0 saturated carbocycles. The summed E-state index contributed by atoms with van der Waals surface area (Å²) < 4.78 is 5.76. The normalized spacial score (nSPS) is 11.4. The average molecular weight is 288 g/mol. The molecular formula is C17H20O2S. The lowest BCUT2D eigenvalue weighted by molar-refractivity contribution is 0.0924. The Hall–Kier alpha value is -1.61. The zero-order valence-electron chi connectivity index (χ0n) is 12.4. The van der Waals surface area contributed by atoms with E-state index in [1.54, 1.807) is 0 Å². The third kappa shape index (κ3) is 3.48. The number of aryl methyl sites for hydroxylation is 1. The largest absolute Gasteiger partial charge is 0.485 e. The second kappa shape index (κ2) is 5.80. The fourth-order valence-electron chi connectivity index (χ4n) is 2.01. The predicted octanol–water partition coefficient (Wildman–Crippen LogP) is 4.62. The van der Waals surface area contributed by atoms with Gasteiger partial charge in [0.1, 0.15) is 5.75 Å². The minimum absolute atomic E-state index is 0.00661. The van der Waals surface area contributed by atoms with Crippen molar-refractivity contribution in [2.75, 3.05) is 6.61 Å². The minimum atomic E-state index is -0.00661. The van der Waals surface area contributed by atoms with Crippen molar-refractivity contribution in [1.29, 1.82) is 0 Å². The number of rotatable bonds is 4. The molecule has 0 N–H and O–H groups in total. The van der Waals surface area contributed by atoms with Gasteiger partial charge >= 0.3 is 0 Å². The van der Waals surface area contributed by atoms with Crippen LogP contribution < -0.4 is 4.74 Å². The van der Waals surface area contributed by atoms with Crippen molar-refractivity contribution >= 4 is 17.1 Å². The molecule has 0 amide bonds. The van der Waals surface area contributed by atoms with E-state index in [-0.39, 0.29) is 17.8 Å². The number of ketones is 1. The molecule has 0 spiro atoms. The molecule has 106 valence electrons. The Morgan fingerprint density at radius 3 is 2.60 bits per heavy atom.